The Morgan fingerprint density at radius 2 is 1.59 bits per heavy atom. The number of carbonyl (C=O) groups is 1. The molecule has 1 aromatic carbocycles. The van der Waals surface area contributed by atoms with Crippen LogP contribution in [-0.2, 0) is 16.1 Å². The Morgan fingerprint density at radius 1 is 1.00 bits per heavy atom. The van der Waals surface area contributed by atoms with Crippen LogP contribution in [0.15, 0.2) is 30.3 Å². The van der Waals surface area contributed by atoms with Crippen LogP contribution in [0.5, 0.6) is 0 Å². The quantitative estimate of drug-likeness (QED) is 0.454. The molecule has 0 saturated carbocycles. The molecule has 0 saturated heterocycles. The van der Waals surface area contributed by atoms with Gasteiger partial charge in [0.25, 0.3) is 0 Å². The average molecular weight is 305 g/mol. The van der Waals surface area contributed by atoms with E-state index in [9.17, 15) is 4.79 Å². The van der Waals surface area contributed by atoms with Gasteiger partial charge in [0.1, 0.15) is 12.6 Å². The Kier molecular flexibility index (Phi) is 10.4. The molecule has 0 aliphatic carbocycles. The van der Waals surface area contributed by atoms with Crippen LogP contribution in [0.2, 0.25) is 0 Å². The van der Waals surface area contributed by atoms with Crippen LogP contribution in [0.25, 0.3) is 0 Å². The normalized spacial score (nSPS) is 12.1. The molecule has 0 aromatic heterocycles. The van der Waals surface area contributed by atoms with Gasteiger partial charge in [0.05, 0.1) is 0 Å². The minimum absolute atomic E-state index is 0.285. The number of carbonyl (C=O) groups excluding carboxylic acids is 1. The second-order valence-electron chi connectivity index (χ2n) is 5.96. The summed E-state index contributed by atoms with van der Waals surface area (Å²) in [5, 5.41) is 0. The second kappa shape index (κ2) is 12.2. The van der Waals surface area contributed by atoms with Crippen molar-refractivity contribution in [3.8, 4) is 0 Å². The molecule has 0 aliphatic heterocycles. The standard InChI is InChI=1S/C19H31NO2/c1-2-3-4-5-6-7-8-12-15-18(20)19(21)22-16-17-13-10-9-11-14-17/h9-11,13-14,18H,2-8,12,15-16,20H2,1H3. The first kappa shape index (κ1) is 18.7. The molecule has 124 valence electrons. The third kappa shape index (κ3) is 8.83. The van der Waals surface area contributed by atoms with E-state index in [2.05, 4.69) is 6.92 Å². The second-order valence-corrected chi connectivity index (χ2v) is 5.96. The summed E-state index contributed by atoms with van der Waals surface area (Å²) < 4.78 is 5.25. The summed E-state index contributed by atoms with van der Waals surface area (Å²) in [5.41, 5.74) is 6.88. The van der Waals surface area contributed by atoms with Crippen molar-refractivity contribution in [3.63, 3.8) is 0 Å². The van der Waals surface area contributed by atoms with Gasteiger partial charge in [-0.15, -0.1) is 0 Å². The molecule has 1 rings (SSSR count). The number of esters is 1. The highest BCUT2D eigenvalue weighted by Gasteiger charge is 2.14. The Balaban J connectivity index is 2.02. The van der Waals surface area contributed by atoms with Crippen LogP contribution < -0.4 is 5.73 Å². The lowest BCUT2D eigenvalue weighted by atomic mass is 10.1. The largest absolute Gasteiger partial charge is 0.460 e. The summed E-state index contributed by atoms with van der Waals surface area (Å²) in [6.45, 7) is 2.54. The van der Waals surface area contributed by atoms with Crippen molar-refractivity contribution in [3.05, 3.63) is 35.9 Å². The summed E-state index contributed by atoms with van der Waals surface area (Å²) in [4.78, 5) is 11.8. The highest BCUT2D eigenvalue weighted by molar-refractivity contribution is 5.75. The molecule has 1 atom stereocenters. The third-order valence-corrected chi connectivity index (χ3v) is 3.90. The summed E-state index contributed by atoms with van der Waals surface area (Å²) in [7, 11) is 0. The lowest BCUT2D eigenvalue weighted by molar-refractivity contribution is -0.146. The predicted octanol–water partition coefficient (Wildman–Crippen LogP) is 4.59. The number of hydrogen-bond acceptors (Lipinski definition) is 3. The van der Waals surface area contributed by atoms with Gasteiger partial charge >= 0.3 is 5.97 Å². The zero-order chi connectivity index (χ0) is 16.0. The van der Waals surface area contributed by atoms with Crippen LogP contribution in [-0.4, -0.2) is 12.0 Å². The Bertz CT molecular complexity index is 392. The predicted molar refractivity (Wildman–Crippen MR) is 91.4 cm³/mol. The molecule has 0 radical (unpaired) electrons. The molecule has 0 heterocycles. The highest BCUT2D eigenvalue weighted by atomic mass is 16.5. The van der Waals surface area contributed by atoms with Gasteiger partial charge in [0, 0.05) is 0 Å². The lowest BCUT2D eigenvalue weighted by Crippen LogP contribution is -2.32. The molecule has 0 spiro atoms. The van der Waals surface area contributed by atoms with E-state index in [-0.39, 0.29) is 5.97 Å². The van der Waals surface area contributed by atoms with Crippen LogP contribution in [0.3, 0.4) is 0 Å². The molecular formula is C19H31NO2. The Hall–Kier alpha value is -1.35. The number of ether oxygens (including phenoxy) is 1. The van der Waals surface area contributed by atoms with Crippen molar-refractivity contribution < 1.29 is 9.53 Å². The molecule has 0 amide bonds. The van der Waals surface area contributed by atoms with Crippen LogP contribution in [0, 0.1) is 0 Å². The maximum absolute atomic E-state index is 11.8. The first-order valence-electron chi connectivity index (χ1n) is 8.70. The zero-order valence-electron chi connectivity index (χ0n) is 13.9. The molecule has 2 N–H and O–H groups in total. The number of rotatable bonds is 12. The van der Waals surface area contributed by atoms with E-state index in [1.807, 2.05) is 30.3 Å². The molecule has 1 unspecified atom stereocenters. The summed E-state index contributed by atoms with van der Waals surface area (Å²) >= 11 is 0. The van der Waals surface area contributed by atoms with Gasteiger partial charge < -0.3 is 10.5 Å². The summed E-state index contributed by atoms with van der Waals surface area (Å²) in [6, 6.07) is 9.21. The van der Waals surface area contributed by atoms with E-state index >= 15 is 0 Å². The minimum atomic E-state index is -0.483. The van der Waals surface area contributed by atoms with Gasteiger partial charge in [0.2, 0.25) is 0 Å². The molecule has 0 aliphatic rings. The van der Waals surface area contributed by atoms with Crippen LogP contribution >= 0.6 is 0 Å². The van der Waals surface area contributed by atoms with Crippen molar-refractivity contribution in [2.24, 2.45) is 5.73 Å². The fourth-order valence-electron chi connectivity index (χ4n) is 2.45. The molecular weight excluding hydrogens is 274 g/mol. The van der Waals surface area contributed by atoms with E-state index in [1.165, 1.54) is 38.5 Å². The van der Waals surface area contributed by atoms with E-state index in [0.29, 0.717) is 6.61 Å². The Morgan fingerprint density at radius 3 is 2.23 bits per heavy atom. The molecule has 1 aromatic rings. The smallest absolute Gasteiger partial charge is 0.323 e. The number of unbranched alkanes of at least 4 members (excludes halogenated alkanes) is 7. The van der Waals surface area contributed by atoms with Crippen molar-refractivity contribution in [2.75, 3.05) is 0 Å². The Labute approximate surface area is 135 Å². The van der Waals surface area contributed by atoms with E-state index in [0.717, 1.165) is 24.8 Å². The average Bonchev–Trinajstić information content (AvgIpc) is 2.55. The van der Waals surface area contributed by atoms with Gasteiger partial charge in [-0.05, 0) is 12.0 Å². The van der Waals surface area contributed by atoms with E-state index in [1.54, 1.807) is 0 Å². The van der Waals surface area contributed by atoms with Crippen LogP contribution in [0.1, 0.15) is 70.3 Å². The maximum atomic E-state index is 11.8. The van der Waals surface area contributed by atoms with Gasteiger partial charge in [-0.25, -0.2) is 0 Å². The monoisotopic (exact) mass is 305 g/mol. The fourth-order valence-corrected chi connectivity index (χ4v) is 2.45. The van der Waals surface area contributed by atoms with E-state index in [4.69, 9.17) is 10.5 Å². The topological polar surface area (TPSA) is 52.3 Å². The molecule has 0 bridgehead atoms. The number of nitrogens with two attached hydrogens (primary N) is 1. The van der Waals surface area contributed by atoms with Crippen LogP contribution in [0.4, 0.5) is 0 Å². The maximum Gasteiger partial charge on any atom is 0.323 e. The van der Waals surface area contributed by atoms with Gasteiger partial charge in [-0.2, -0.15) is 0 Å². The van der Waals surface area contributed by atoms with Gasteiger partial charge in [-0.1, -0.05) is 88.6 Å². The lowest BCUT2D eigenvalue weighted by Gasteiger charge is -2.11. The van der Waals surface area contributed by atoms with E-state index < -0.39 is 6.04 Å². The molecule has 3 heteroatoms. The van der Waals surface area contributed by atoms with Crippen molar-refractivity contribution >= 4 is 5.97 Å². The first-order chi connectivity index (χ1) is 10.7. The summed E-state index contributed by atoms with van der Waals surface area (Å²) in [5.74, 6) is -0.285. The van der Waals surface area contributed by atoms with Crippen molar-refractivity contribution in [1.82, 2.24) is 0 Å². The number of benzene rings is 1. The fraction of sp³-hybridized carbons (Fsp3) is 0.632. The summed E-state index contributed by atoms with van der Waals surface area (Å²) in [6.07, 6.45) is 10.8. The number of hydrogen-bond donors (Lipinski definition) is 1. The molecule has 22 heavy (non-hydrogen) atoms. The van der Waals surface area contributed by atoms with Gasteiger partial charge in [0.15, 0.2) is 0 Å². The third-order valence-electron chi connectivity index (χ3n) is 3.90. The molecule has 3 nitrogen and oxygen atoms in total. The SMILES string of the molecule is CCCCCCCCCCC(N)C(=O)OCc1ccccc1. The molecule has 0 fully saturated rings. The van der Waals surface area contributed by atoms with Gasteiger partial charge in [-0.3, -0.25) is 4.79 Å². The minimum Gasteiger partial charge on any atom is -0.460 e. The van der Waals surface area contributed by atoms with Crippen molar-refractivity contribution in [1.29, 1.82) is 0 Å². The first-order valence-corrected chi connectivity index (χ1v) is 8.70. The van der Waals surface area contributed by atoms with Crippen molar-refractivity contribution in [2.45, 2.75) is 77.4 Å². The highest BCUT2D eigenvalue weighted by Crippen LogP contribution is 2.11. The zero-order valence-corrected chi connectivity index (χ0v) is 13.9.